The van der Waals surface area contributed by atoms with Crippen molar-refractivity contribution in [1.29, 1.82) is 0 Å². The van der Waals surface area contributed by atoms with E-state index in [4.69, 9.17) is 11.6 Å². The van der Waals surface area contributed by atoms with Gasteiger partial charge in [0.25, 0.3) is 0 Å². The minimum atomic E-state index is -3.48. The Hall–Kier alpha value is -2.09. The summed E-state index contributed by atoms with van der Waals surface area (Å²) in [7, 11) is -3.48. The lowest BCUT2D eigenvalue weighted by molar-refractivity contribution is 0.317. The predicted molar refractivity (Wildman–Crippen MR) is 99.5 cm³/mol. The van der Waals surface area contributed by atoms with Crippen molar-refractivity contribution >= 4 is 32.7 Å². The number of hydrogen-bond acceptors (Lipinski definition) is 5. The maximum absolute atomic E-state index is 12.7. The highest BCUT2D eigenvalue weighted by Crippen LogP contribution is 2.30. The van der Waals surface area contributed by atoms with E-state index >= 15 is 0 Å². The third kappa shape index (κ3) is 3.30. The topological polar surface area (TPSA) is 76.1 Å². The summed E-state index contributed by atoms with van der Waals surface area (Å²) in [5, 5.41) is 1.49. The summed E-state index contributed by atoms with van der Waals surface area (Å²) in [4.78, 5) is 13.1. The molecule has 0 bridgehead atoms. The van der Waals surface area contributed by atoms with E-state index in [0.29, 0.717) is 23.8 Å². The third-order valence-corrected chi connectivity index (χ3v) is 6.76. The maximum Gasteiger partial charge on any atom is 0.244 e. The van der Waals surface area contributed by atoms with Gasteiger partial charge in [-0.15, -0.1) is 0 Å². The summed E-state index contributed by atoms with van der Waals surface area (Å²) >= 11 is 5.96. The van der Waals surface area contributed by atoms with E-state index in [1.165, 1.54) is 10.5 Å². The van der Waals surface area contributed by atoms with E-state index in [9.17, 15) is 8.42 Å². The minimum absolute atomic E-state index is 0.220. The molecule has 26 heavy (non-hydrogen) atoms. The number of nitrogens with zero attached hydrogens (tertiary/aromatic N) is 4. The monoisotopic (exact) mass is 388 g/mol. The van der Waals surface area contributed by atoms with Gasteiger partial charge in [0.15, 0.2) is 5.65 Å². The first-order valence-electron chi connectivity index (χ1n) is 8.36. The molecule has 0 atom stereocenters. The Balaban J connectivity index is 1.51. The third-order valence-electron chi connectivity index (χ3n) is 4.67. The molecule has 3 aromatic heterocycles. The molecule has 0 amide bonds. The van der Waals surface area contributed by atoms with Crippen LogP contribution >= 0.6 is 11.6 Å². The van der Waals surface area contributed by atoms with Gasteiger partial charge in [-0.1, -0.05) is 11.6 Å². The van der Waals surface area contributed by atoms with E-state index in [2.05, 4.69) is 15.0 Å². The number of piperidine rings is 1. The predicted octanol–water partition coefficient (Wildman–Crippen LogP) is 3.25. The van der Waals surface area contributed by atoms with E-state index < -0.39 is 10.0 Å². The lowest BCUT2D eigenvalue weighted by Gasteiger charge is -2.30. The molecule has 8 heteroatoms. The Labute approximate surface area is 156 Å². The molecule has 1 fully saturated rings. The van der Waals surface area contributed by atoms with Crippen LogP contribution in [0.2, 0.25) is 5.02 Å². The van der Waals surface area contributed by atoms with Crippen molar-refractivity contribution in [3.63, 3.8) is 0 Å². The molecule has 1 aliphatic heterocycles. The highest BCUT2D eigenvalue weighted by Gasteiger charge is 2.30. The van der Waals surface area contributed by atoms with E-state index in [1.807, 2.05) is 18.2 Å². The number of fused-ring (bicyclic) bond motifs is 1. The maximum atomic E-state index is 12.7. The second-order valence-electron chi connectivity index (χ2n) is 6.30. The Kier molecular flexibility index (Phi) is 4.60. The second kappa shape index (κ2) is 6.90. The van der Waals surface area contributed by atoms with Gasteiger partial charge in [0.2, 0.25) is 10.0 Å². The van der Waals surface area contributed by atoms with Gasteiger partial charge in [0.05, 0.1) is 5.02 Å². The Morgan fingerprint density at radius 1 is 1.12 bits per heavy atom. The van der Waals surface area contributed by atoms with Crippen LogP contribution in [0.15, 0.2) is 53.8 Å². The molecular weight excluding hydrogens is 372 g/mol. The average Bonchev–Trinajstić information content (AvgIpc) is 2.68. The summed E-state index contributed by atoms with van der Waals surface area (Å²) in [5.74, 6) is 0.220. The fraction of sp³-hybridized carbons (Fsp3) is 0.278. The number of pyridine rings is 3. The Morgan fingerprint density at radius 3 is 2.65 bits per heavy atom. The van der Waals surface area contributed by atoms with E-state index in [1.54, 1.807) is 24.5 Å². The van der Waals surface area contributed by atoms with Crippen molar-refractivity contribution in [2.24, 2.45) is 0 Å². The number of halogens is 1. The molecule has 134 valence electrons. The van der Waals surface area contributed by atoms with Gasteiger partial charge < -0.3 is 0 Å². The molecule has 4 heterocycles. The van der Waals surface area contributed by atoms with Crippen LogP contribution in [0.1, 0.15) is 24.5 Å². The van der Waals surface area contributed by atoms with Crippen LogP contribution in [0.5, 0.6) is 0 Å². The van der Waals surface area contributed by atoms with Crippen molar-refractivity contribution < 1.29 is 8.42 Å². The summed E-state index contributed by atoms with van der Waals surface area (Å²) in [6.07, 6.45) is 6.00. The van der Waals surface area contributed by atoms with Crippen LogP contribution in [0, 0.1) is 0 Å². The molecule has 0 aliphatic carbocycles. The zero-order chi connectivity index (χ0) is 18.1. The molecule has 1 saturated heterocycles. The largest absolute Gasteiger partial charge is 0.263 e. The van der Waals surface area contributed by atoms with Gasteiger partial charge in [0.1, 0.15) is 4.90 Å². The van der Waals surface area contributed by atoms with Crippen LogP contribution in [0.4, 0.5) is 0 Å². The summed E-state index contributed by atoms with van der Waals surface area (Å²) in [5.41, 5.74) is 1.61. The van der Waals surface area contributed by atoms with Crippen molar-refractivity contribution in [3.05, 3.63) is 59.6 Å². The molecule has 4 rings (SSSR count). The second-order valence-corrected chi connectivity index (χ2v) is 8.68. The zero-order valence-corrected chi connectivity index (χ0v) is 15.5. The van der Waals surface area contributed by atoms with Crippen LogP contribution in [0.25, 0.3) is 11.0 Å². The van der Waals surface area contributed by atoms with Gasteiger partial charge in [-0.05, 0) is 43.2 Å². The average molecular weight is 389 g/mol. The summed E-state index contributed by atoms with van der Waals surface area (Å²) in [6.45, 7) is 0.936. The van der Waals surface area contributed by atoms with Crippen LogP contribution in [-0.2, 0) is 10.0 Å². The highest BCUT2D eigenvalue weighted by molar-refractivity contribution is 7.89. The van der Waals surface area contributed by atoms with Gasteiger partial charge in [0, 0.05) is 48.7 Å². The molecule has 0 N–H and O–H groups in total. The van der Waals surface area contributed by atoms with Gasteiger partial charge in [-0.3, -0.25) is 4.98 Å². The standard InChI is InChI=1S/C18H17ClN4O2S/c19-15-10-14-3-4-17(22-18(14)21-11-15)13-5-8-23(9-6-13)26(24,25)16-2-1-7-20-12-16/h1-4,7,10-13H,5-6,8-9H2. The first-order valence-corrected chi connectivity index (χ1v) is 10.2. The molecule has 0 aromatic carbocycles. The fourth-order valence-corrected chi connectivity index (χ4v) is 4.87. The van der Waals surface area contributed by atoms with Crippen molar-refractivity contribution in [1.82, 2.24) is 19.3 Å². The number of hydrogen-bond donors (Lipinski definition) is 0. The molecule has 6 nitrogen and oxygen atoms in total. The lowest BCUT2D eigenvalue weighted by Crippen LogP contribution is -2.38. The fourth-order valence-electron chi connectivity index (χ4n) is 3.27. The molecule has 3 aromatic rings. The SMILES string of the molecule is O=S(=O)(c1cccnc1)N1CCC(c2ccc3cc(Cl)cnc3n2)CC1. The molecule has 1 aliphatic rings. The van der Waals surface area contributed by atoms with Crippen LogP contribution < -0.4 is 0 Å². The molecule has 0 unspecified atom stereocenters. The van der Waals surface area contributed by atoms with Crippen molar-refractivity contribution in [2.75, 3.05) is 13.1 Å². The van der Waals surface area contributed by atoms with Gasteiger partial charge in [-0.2, -0.15) is 4.31 Å². The quantitative estimate of drug-likeness (QED) is 0.688. The Bertz CT molecular complexity index is 1040. The smallest absolute Gasteiger partial charge is 0.244 e. The van der Waals surface area contributed by atoms with Crippen LogP contribution in [0.3, 0.4) is 0 Å². The molecule has 0 saturated carbocycles. The van der Waals surface area contributed by atoms with E-state index in [0.717, 1.165) is 23.9 Å². The summed E-state index contributed by atoms with van der Waals surface area (Å²) in [6, 6.07) is 9.00. The number of rotatable bonds is 3. The molecule has 0 spiro atoms. The first-order chi connectivity index (χ1) is 12.5. The molecule has 0 radical (unpaired) electrons. The normalized spacial score (nSPS) is 16.8. The number of aromatic nitrogens is 3. The van der Waals surface area contributed by atoms with Gasteiger partial charge >= 0.3 is 0 Å². The van der Waals surface area contributed by atoms with E-state index in [-0.39, 0.29) is 10.8 Å². The minimum Gasteiger partial charge on any atom is -0.263 e. The molecular formula is C18H17ClN4O2S. The summed E-state index contributed by atoms with van der Waals surface area (Å²) < 4.78 is 26.9. The Morgan fingerprint density at radius 2 is 1.92 bits per heavy atom. The van der Waals surface area contributed by atoms with Gasteiger partial charge in [-0.25, -0.2) is 18.4 Å². The first kappa shape index (κ1) is 17.3. The zero-order valence-electron chi connectivity index (χ0n) is 13.9. The van der Waals surface area contributed by atoms with Crippen molar-refractivity contribution in [2.45, 2.75) is 23.7 Å². The number of sulfonamides is 1. The van der Waals surface area contributed by atoms with Crippen molar-refractivity contribution in [3.8, 4) is 0 Å². The highest BCUT2D eigenvalue weighted by atomic mass is 35.5. The lowest BCUT2D eigenvalue weighted by atomic mass is 9.94. The van der Waals surface area contributed by atoms with Crippen LogP contribution in [-0.4, -0.2) is 40.8 Å².